The van der Waals surface area contributed by atoms with Crippen molar-refractivity contribution in [2.75, 3.05) is 18.0 Å². The zero-order valence-electron chi connectivity index (χ0n) is 22.1. The van der Waals surface area contributed by atoms with Gasteiger partial charge in [0.1, 0.15) is 23.5 Å². The molecule has 1 aromatic carbocycles. The number of hydrogen-bond acceptors (Lipinski definition) is 6. The first-order valence-corrected chi connectivity index (χ1v) is 13.1. The third-order valence-electron chi connectivity index (χ3n) is 7.05. The predicted molar refractivity (Wildman–Crippen MR) is 147 cm³/mol. The summed E-state index contributed by atoms with van der Waals surface area (Å²) in [6, 6.07) is 12.3. The number of ether oxygens (including phenoxy) is 1. The number of anilines is 1. The smallest absolute Gasteiger partial charge is 0.225 e. The van der Waals surface area contributed by atoms with Crippen LogP contribution < -0.4 is 9.64 Å². The van der Waals surface area contributed by atoms with Crippen LogP contribution in [0.25, 0.3) is 16.7 Å². The van der Waals surface area contributed by atoms with Crippen molar-refractivity contribution >= 4 is 22.6 Å². The lowest BCUT2D eigenvalue weighted by Crippen LogP contribution is -2.39. The number of hydrogen-bond donors (Lipinski definition) is 0. The fourth-order valence-electron chi connectivity index (χ4n) is 4.60. The lowest BCUT2D eigenvalue weighted by atomic mass is 9.87. The van der Waals surface area contributed by atoms with Gasteiger partial charge in [0.2, 0.25) is 5.95 Å². The van der Waals surface area contributed by atoms with Gasteiger partial charge in [-0.15, -0.1) is 0 Å². The second-order valence-electron chi connectivity index (χ2n) is 10.8. The van der Waals surface area contributed by atoms with Crippen LogP contribution in [-0.2, 0) is 17.6 Å². The molecule has 0 unspecified atom stereocenters. The summed E-state index contributed by atoms with van der Waals surface area (Å²) in [5.41, 5.74) is 2.93. The minimum Gasteiger partial charge on any atom is -0.489 e. The Morgan fingerprint density at radius 1 is 0.973 bits per heavy atom. The predicted octanol–water partition coefficient (Wildman–Crippen LogP) is 5.58. The van der Waals surface area contributed by atoms with E-state index in [0.29, 0.717) is 6.42 Å². The lowest BCUT2D eigenvalue weighted by Gasteiger charge is -2.32. The summed E-state index contributed by atoms with van der Waals surface area (Å²) in [6.45, 7) is 9.76. The summed E-state index contributed by atoms with van der Waals surface area (Å²) >= 11 is 0. The van der Waals surface area contributed by atoms with Crippen LogP contribution in [0.15, 0.2) is 61.2 Å². The number of pyridine rings is 1. The fraction of sp³-hybridized carbons (Fsp3) is 0.400. The van der Waals surface area contributed by atoms with Crippen LogP contribution in [0.2, 0.25) is 0 Å². The number of carbonyl (C=O) groups is 1. The van der Waals surface area contributed by atoms with E-state index in [1.807, 2.05) is 57.6 Å². The summed E-state index contributed by atoms with van der Waals surface area (Å²) in [7, 11) is 0. The van der Waals surface area contributed by atoms with E-state index in [4.69, 9.17) is 4.74 Å². The van der Waals surface area contributed by atoms with Crippen molar-refractivity contribution in [3.05, 3.63) is 72.3 Å². The quantitative estimate of drug-likeness (QED) is 0.332. The molecule has 1 aliphatic rings. The summed E-state index contributed by atoms with van der Waals surface area (Å²) in [4.78, 5) is 28.4. The van der Waals surface area contributed by atoms with Crippen molar-refractivity contribution in [2.45, 2.75) is 59.5 Å². The molecule has 0 atom stereocenters. The van der Waals surface area contributed by atoms with E-state index in [1.54, 1.807) is 6.20 Å². The van der Waals surface area contributed by atoms with Crippen LogP contribution >= 0.6 is 0 Å². The van der Waals surface area contributed by atoms with Crippen LogP contribution in [0.4, 0.5) is 5.95 Å². The maximum atomic E-state index is 12.4. The molecule has 0 aliphatic carbocycles. The average Bonchev–Trinajstić information content (AvgIpc) is 3.32. The highest BCUT2D eigenvalue weighted by molar-refractivity contribution is 5.88. The molecule has 0 bridgehead atoms. The molecule has 7 heteroatoms. The Labute approximate surface area is 218 Å². The van der Waals surface area contributed by atoms with Crippen molar-refractivity contribution in [2.24, 2.45) is 5.41 Å². The molecule has 1 aliphatic heterocycles. The molecule has 37 heavy (non-hydrogen) atoms. The molecule has 3 aromatic heterocycles. The number of aryl methyl sites for hydroxylation is 1. The number of Topliss-reactive ketones (excluding diaryl/α,β-unsaturated/α-hetero) is 1. The minimum absolute atomic E-state index is 0.153. The van der Waals surface area contributed by atoms with Crippen molar-refractivity contribution in [1.82, 2.24) is 19.5 Å². The van der Waals surface area contributed by atoms with E-state index >= 15 is 0 Å². The number of benzene rings is 1. The number of fused-ring (bicyclic) bond motifs is 1. The van der Waals surface area contributed by atoms with Gasteiger partial charge in [0.05, 0.1) is 11.7 Å². The second kappa shape index (κ2) is 10.3. The van der Waals surface area contributed by atoms with E-state index in [9.17, 15) is 4.79 Å². The summed E-state index contributed by atoms with van der Waals surface area (Å²) in [5, 5.41) is 1.10. The largest absolute Gasteiger partial charge is 0.489 e. The number of piperidine rings is 1. The molecule has 0 saturated carbocycles. The van der Waals surface area contributed by atoms with Gasteiger partial charge in [0, 0.05) is 61.7 Å². The van der Waals surface area contributed by atoms with Gasteiger partial charge in [-0.3, -0.25) is 4.79 Å². The molecular weight excluding hydrogens is 462 g/mol. The average molecular weight is 498 g/mol. The number of aromatic nitrogens is 4. The molecular formula is C30H35N5O2. The number of nitrogens with zero attached hydrogens (tertiary/aromatic N) is 5. The molecule has 1 saturated heterocycles. The Balaban J connectivity index is 1.20. The summed E-state index contributed by atoms with van der Waals surface area (Å²) in [5.74, 6) is 2.66. The SMILES string of the molecule is CCc1cnc(N2CCC(Oc3ccc(-n4ccc5cc(CC(=O)C(C)(C)C)ccc54)nc3)CC2)nc1. The molecule has 7 nitrogen and oxygen atoms in total. The van der Waals surface area contributed by atoms with Gasteiger partial charge in [-0.1, -0.05) is 33.8 Å². The fourth-order valence-corrected chi connectivity index (χ4v) is 4.60. The molecule has 192 valence electrons. The van der Waals surface area contributed by atoms with Crippen molar-refractivity contribution in [1.29, 1.82) is 0 Å². The van der Waals surface area contributed by atoms with Crippen molar-refractivity contribution in [3.8, 4) is 11.6 Å². The van der Waals surface area contributed by atoms with Gasteiger partial charge >= 0.3 is 0 Å². The van der Waals surface area contributed by atoms with Gasteiger partial charge in [0.15, 0.2) is 0 Å². The molecule has 5 rings (SSSR count). The maximum absolute atomic E-state index is 12.4. The van der Waals surface area contributed by atoms with Gasteiger partial charge < -0.3 is 14.2 Å². The van der Waals surface area contributed by atoms with E-state index < -0.39 is 0 Å². The Hall–Kier alpha value is -3.74. The second-order valence-corrected chi connectivity index (χ2v) is 10.8. The van der Waals surface area contributed by atoms with Crippen molar-refractivity contribution in [3.63, 3.8) is 0 Å². The zero-order valence-corrected chi connectivity index (χ0v) is 22.1. The van der Waals surface area contributed by atoms with Crippen molar-refractivity contribution < 1.29 is 9.53 Å². The Kier molecular flexibility index (Phi) is 6.96. The van der Waals surface area contributed by atoms with Crippen LogP contribution in [0.3, 0.4) is 0 Å². The molecule has 0 N–H and O–H groups in total. The minimum atomic E-state index is -0.333. The first-order valence-electron chi connectivity index (χ1n) is 13.1. The monoisotopic (exact) mass is 497 g/mol. The molecule has 0 amide bonds. The topological polar surface area (TPSA) is 73.1 Å². The van der Waals surface area contributed by atoms with Crippen LogP contribution in [0.1, 0.15) is 51.7 Å². The maximum Gasteiger partial charge on any atom is 0.225 e. The van der Waals surface area contributed by atoms with Crippen LogP contribution in [0, 0.1) is 5.41 Å². The van der Waals surface area contributed by atoms with Crippen LogP contribution in [0.5, 0.6) is 5.75 Å². The van der Waals surface area contributed by atoms with Gasteiger partial charge in [-0.25, -0.2) is 15.0 Å². The third-order valence-corrected chi connectivity index (χ3v) is 7.05. The van der Waals surface area contributed by atoms with Crippen LogP contribution in [-0.4, -0.2) is 44.5 Å². The van der Waals surface area contributed by atoms with E-state index in [0.717, 1.165) is 71.9 Å². The molecule has 0 radical (unpaired) electrons. The Bertz CT molecular complexity index is 1360. The highest BCUT2D eigenvalue weighted by atomic mass is 16.5. The van der Waals surface area contributed by atoms with E-state index in [1.165, 1.54) is 0 Å². The van der Waals surface area contributed by atoms with E-state index in [-0.39, 0.29) is 17.3 Å². The highest BCUT2D eigenvalue weighted by Gasteiger charge is 2.23. The Morgan fingerprint density at radius 3 is 2.38 bits per heavy atom. The molecule has 1 fully saturated rings. The first kappa shape index (κ1) is 24.9. The standard InChI is InChI=1S/C30H35N5O2/c1-5-21-18-32-29(33-19-21)34-13-11-24(12-14-34)37-25-7-9-28(31-20-25)35-15-10-23-16-22(6-8-26(23)35)17-27(36)30(2,3)4/h6-10,15-16,18-20,24H,5,11-14,17H2,1-4H3. The number of carbonyl (C=O) groups excluding carboxylic acids is 1. The summed E-state index contributed by atoms with van der Waals surface area (Å²) < 4.78 is 8.31. The van der Waals surface area contributed by atoms with Gasteiger partial charge in [0.25, 0.3) is 0 Å². The van der Waals surface area contributed by atoms with E-state index in [2.05, 4.69) is 49.5 Å². The molecule has 0 spiro atoms. The summed E-state index contributed by atoms with van der Waals surface area (Å²) in [6.07, 6.45) is 11.0. The number of ketones is 1. The third kappa shape index (κ3) is 5.66. The first-order chi connectivity index (χ1) is 17.8. The zero-order chi connectivity index (χ0) is 26.0. The normalized spacial score (nSPS) is 14.8. The highest BCUT2D eigenvalue weighted by Crippen LogP contribution is 2.25. The Morgan fingerprint density at radius 2 is 1.73 bits per heavy atom. The lowest BCUT2D eigenvalue weighted by molar-refractivity contribution is -0.125. The molecule has 4 aromatic rings. The number of rotatable bonds is 7. The van der Waals surface area contributed by atoms with Gasteiger partial charge in [-0.2, -0.15) is 0 Å². The molecule has 4 heterocycles. The van der Waals surface area contributed by atoms with Gasteiger partial charge in [-0.05, 0) is 47.9 Å².